The summed E-state index contributed by atoms with van der Waals surface area (Å²) in [6, 6.07) is 5.82. The maximum atomic E-state index is 10.0. The van der Waals surface area contributed by atoms with Crippen molar-refractivity contribution in [3.63, 3.8) is 0 Å². The third-order valence-corrected chi connectivity index (χ3v) is 2.87. The Bertz CT molecular complexity index is 493. The molecule has 1 atom stereocenters. The fourth-order valence-electron chi connectivity index (χ4n) is 1.82. The highest BCUT2D eigenvalue weighted by Gasteiger charge is 2.10. The van der Waals surface area contributed by atoms with E-state index >= 15 is 0 Å². The lowest BCUT2D eigenvalue weighted by molar-refractivity contribution is 0.162. The van der Waals surface area contributed by atoms with Crippen molar-refractivity contribution in [3.8, 4) is 0 Å². The maximum Gasteiger partial charge on any atom is 0.0963 e. The molecular weight excluding hydrogens is 214 g/mol. The van der Waals surface area contributed by atoms with Gasteiger partial charge in [0.2, 0.25) is 0 Å². The van der Waals surface area contributed by atoms with E-state index in [1.165, 1.54) is 0 Å². The Morgan fingerprint density at radius 3 is 2.82 bits per heavy atom. The zero-order valence-electron chi connectivity index (χ0n) is 10.2. The van der Waals surface area contributed by atoms with Crippen LogP contribution < -0.4 is 0 Å². The molecule has 2 heterocycles. The Morgan fingerprint density at radius 2 is 2.18 bits per heavy atom. The number of aliphatic hydroxyl groups is 1. The van der Waals surface area contributed by atoms with Gasteiger partial charge in [-0.2, -0.15) is 5.10 Å². The molecule has 0 aromatic carbocycles. The van der Waals surface area contributed by atoms with E-state index < -0.39 is 6.10 Å². The van der Waals surface area contributed by atoms with Crippen LogP contribution >= 0.6 is 0 Å². The molecule has 0 saturated heterocycles. The van der Waals surface area contributed by atoms with Gasteiger partial charge in [0, 0.05) is 25.1 Å². The standard InChI is InChI=1S/C13H17N3O/c1-10-5-7-14-12(9-10)13(17)4-3-11-6-8-15-16(11)2/h5-9,13,17H,3-4H2,1-2H3. The summed E-state index contributed by atoms with van der Waals surface area (Å²) in [6.07, 6.45) is 4.46. The number of aromatic nitrogens is 3. The van der Waals surface area contributed by atoms with Crippen LogP contribution in [-0.2, 0) is 13.5 Å². The first kappa shape index (κ1) is 11.8. The van der Waals surface area contributed by atoms with E-state index in [0.29, 0.717) is 6.42 Å². The molecule has 2 rings (SSSR count). The number of pyridine rings is 1. The molecule has 17 heavy (non-hydrogen) atoms. The molecule has 2 aromatic heterocycles. The van der Waals surface area contributed by atoms with Crippen LogP contribution in [-0.4, -0.2) is 19.9 Å². The summed E-state index contributed by atoms with van der Waals surface area (Å²) in [5.41, 5.74) is 2.98. The van der Waals surface area contributed by atoms with Crippen molar-refractivity contribution in [1.82, 2.24) is 14.8 Å². The van der Waals surface area contributed by atoms with E-state index in [1.54, 1.807) is 12.4 Å². The van der Waals surface area contributed by atoms with Gasteiger partial charge in [0.15, 0.2) is 0 Å². The zero-order valence-corrected chi connectivity index (χ0v) is 10.2. The first-order chi connectivity index (χ1) is 8.16. The van der Waals surface area contributed by atoms with Gasteiger partial charge in [0.25, 0.3) is 0 Å². The van der Waals surface area contributed by atoms with Gasteiger partial charge in [-0.15, -0.1) is 0 Å². The molecule has 0 aliphatic rings. The molecule has 0 fully saturated rings. The molecular formula is C13H17N3O. The molecule has 0 saturated carbocycles. The smallest absolute Gasteiger partial charge is 0.0963 e. The monoisotopic (exact) mass is 231 g/mol. The Hall–Kier alpha value is -1.68. The number of nitrogens with zero attached hydrogens (tertiary/aromatic N) is 3. The number of hydrogen-bond donors (Lipinski definition) is 1. The minimum atomic E-state index is -0.509. The van der Waals surface area contributed by atoms with Crippen LogP contribution in [0, 0.1) is 6.92 Å². The summed E-state index contributed by atoms with van der Waals surface area (Å²) in [5.74, 6) is 0. The molecule has 0 bridgehead atoms. The second-order valence-corrected chi connectivity index (χ2v) is 4.26. The highest BCUT2D eigenvalue weighted by Crippen LogP contribution is 2.17. The molecule has 4 heteroatoms. The number of aryl methyl sites for hydroxylation is 3. The van der Waals surface area contributed by atoms with Gasteiger partial charge in [0.1, 0.15) is 0 Å². The lowest BCUT2D eigenvalue weighted by atomic mass is 10.1. The van der Waals surface area contributed by atoms with E-state index in [0.717, 1.165) is 23.4 Å². The van der Waals surface area contributed by atoms with E-state index in [-0.39, 0.29) is 0 Å². The fourth-order valence-corrected chi connectivity index (χ4v) is 1.82. The van der Waals surface area contributed by atoms with Gasteiger partial charge >= 0.3 is 0 Å². The van der Waals surface area contributed by atoms with Crippen molar-refractivity contribution >= 4 is 0 Å². The quantitative estimate of drug-likeness (QED) is 0.872. The number of rotatable bonds is 4. The normalized spacial score (nSPS) is 12.6. The molecule has 2 aromatic rings. The predicted octanol–water partition coefficient (Wildman–Crippen LogP) is 1.79. The predicted molar refractivity (Wildman–Crippen MR) is 65.5 cm³/mol. The summed E-state index contributed by atoms with van der Waals surface area (Å²) in [4.78, 5) is 4.19. The van der Waals surface area contributed by atoms with Crippen LogP contribution in [0.2, 0.25) is 0 Å². The summed E-state index contributed by atoms with van der Waals surface area (Å²) in [6.45, 7) is 2.00. The molecule has 0 aliphatic heterocycles. The Labute approximate surface area is 101 Å². The van der Waals surface area contributed by atoms with Crippen molar-refractivity contribution < 1.29 is 5.11 Å². The Morgan fingerprint density at radius 1 is 1.35 bits per heavy atom. The number of hydrogen-bond acceptors (Lipinski definition) is 3. The first-order valence-corrected chi connectivity index (χ1v) is 5.74. The van der Waals surface area contributed by atoms with Crippen molar-refractivity contribution in [3.05, 3.63) is 47.5 Å². The van der Waals surface area contributed by atoms with E-state index in [9.17, 15) is 5.11 Å². The molecule has 0 radical (unpaired) electrons. The van der Waals surface area contributed by atoms with Crippen LogP contribution in [0.5, 0.6) is 0 Å². The van der Waals surface area contributed by atoms with Crippen LogP contribution in [0.3, 0.4) is 0 Å². The van der Waals surface area contributed by atoms with E-state index in [4.69, 9.17) is 0 Å². The lowest BCUT2D eigenvalue weighted by Gasteiger charge is -2.10. The lowest BCUT2D eigenvalue weighted by Crippen LogP contribution is -2.05. The third kappa shape index (κ3) is 2.91. The highest BCUT2D eigenvalue weighted by molar-refractivity contribution is 5.16. The van der Waals surface area contributed by atoms with Crippen molar-refractivity contribution in [2.75, 3.05) is 0 Å². The van der Waals surface area contributed by atoms with E-state index in [2.05, 4.69) is 10.1 Å². The second kappa shape index (κ2) is 5.10. The molecule has 1 N–H and O–H groups in total. The largest absolute Gasteiger partial charge is 0.387 e. The molecule has 1 unspecified atom stereocenters. The van der Waals surface area contributed by atoms with Crippen LogP contribution in [0.25, 0.3) is 0 Å². The summed E-state index contributed by atoms with van der Waals surface area (Å²) >= 11 is 0. The van der Waals surface area contributed by atoms with Crippen LogP contribution in [0.1, 0.15) is 29.5 Å². The fraction of sp³-hybridized carbons (Fsp3) is 0.385. The van der Waals surface area contributed by atoms with Crippen molar-refractivity contribution in [2.24, 2.45) is 7.05 Å². The van der Waals surface area contributed by atoms with Crippen molar-refractivity contribution in [1.29, 1.82) is 0 Å². The second-order valence-electron chi connectivity index (χ2n) is 4.26. The average Bonchev–Trinajstić information content (AvgIpc) is 2.72. The van der Waals surface area contributed by atoms with Crippen LogP contribution in [0.15, 0.2) is 30.6 Å². The minimum absolute atomic E-state index is 0.509. The number of aliphatic hydroxyl groups excluding tert-OH is 1. The molecule has 4 nitrogen and oxygen atoms in total. The highest BCUT2D eigenvalue weighted by atomic mass is 16.3. The van der Waals surface area contributed by atoms with Gasteiger partial charge < -0.3 is 5.11 Å². The maximum absolute atomic E-state index is 10.0. The molecule has 90 valence electrons. The van der Waals surface area contributed by atoms with Crippen LogP contribution in [0.4, 0.5) is 0 Å². The van der Waals surface area contributed by atoms with Gasteiger partial charge in [-0.1, -0.05) is 0 Å². The Kier molecular flexibility index (Phi) is 3.54. The third-order valence-electron chi connectivity index (χ3n) is 2.87. The zero-order chi connectivity index (χ0) is 12.3. The van der Waals surface area contributed by atoms with Gasteiger partial charge in [-0.3, -0.25) is 9.67 Å². The molecule has 0 aliphatic carbocycles. The van der Waals surface area contributed by atoms with Gasteiger partial charge in [0.05, 0.1) is 11.8 Å². The summed E-state index contributed by atoms with van der Waals surface area (Å²) in [7, 11) is 1.91. The average molecular weight is 231 g/mol. The SMILES string of the molecule is Cc1ccnc(C(O)CCc2ccnn2C)c1. The van der Waals surface area contributed by atoms with Gasteiger partial charge in [-0.25, -0.2) is 0 Å². The van der Waals surface area contributed by atoms with Crippen molar-refractivity contribution in [2.45, 2.75) is 25.9 Å². The summed E-state index contributed by atoms with van der Waals surface area (Å²) in [5, 5.41) is 14.1. The summed E-state index contributed by atoms with van der Waals surface area (Å²) < 4.78 is 1.83. The first-order valence-electron chi connectivity index (χ1n) is 5.74. The van der Waals surface area contributed by atoms with E-state index in [1.807, 2.05) is 36.9 Å². The molecule has 0 spiro atoms. The topological polar surface area (TPSA) is 50.9 Å². The Balaban J connectivity index is 1.98. The molecule has 0 amide bonds. The van der Waals surface area contributed by atoms with Gasteiger partial charge in [-0.05, 0) is 43.5 Å². The minimum Gasteiger partial charge on any atom is -0.387 e.